The summed E-state index contributed by atoms with van der Waals surface area (Å²) in [6.45, 7) is 10.7. The van der Waals surface area contributed by atoms with E-state index in [2.05, 4.69) is 53.6 Å². The van der Waals surface area contributed by atoms with E-state index in [0.29, 0.717) is 19.1 Å². The van der Waals surface area contributed by atoms with Gasteiger partial charge in [-0.1, -0.05) is 37.3 Å². The summed E-state index contributed by atoms with van der Waals surface area (Å²) in [6, 6.07) is 10.3. The van der Waals surface area contributed by atoms with E-state index in [9.17, 15) is 0 Å². The highest BCUT2D eigenvalue weighted by molar-refractivity contribution is 5.79. The largest absolute Gasteiger partial charge is 0.383 e. The van der Waals surface area contributed by atoms with Gasteiger partial charge in [-0.05, 0) is 25.5 Å². The lowest BCUT2D eigenvalue weighted by Gasteiger charge is -2.18. The minimum Gasteiger partial charge on any atom is -0.383 e. The van der Waals surface area contributed by atoms with Crippen molar-refractivity contribution in [1.82, 2.24) is 15.5 Å². The number of likely N-dealkylation sites (N-methyl/N-ethyl adjacent to an activating group) is 1. The summed E-state index contributed by atoms with van der Waals surface area (Å²) in [5.41, 5.74) is 1.20. The Balaban J connectivity index is 2.26. The fraction of sp³-hybridized carbons (Fsp3) is 0.650. The van der Waals surface area contributed by atoms with Crippen molar-refractivity contribution in [3.63, 3.8) is 0 Å². The van der Waals surface area contributed by atoms with E-state index in [1.54, 1.807) is 7.11 Å². The van der Waals surface area contributed by atoms with Crippen LogP contribution in [0.2, 0.25) is 0 Å². The number of ether oxygens (including phenoxy) is 2. The third kappa shape index (κ3) is 11.1. The summed E-state index contributed by atoms with van der Waals surface area (Å²) >= 11 is 0. The van der Waals surface area contributed by atoms with E-state index in [1.807, 2.05) is 18.2 Å². The molecule has 6 nitrogen and oxygen atoms in total. The standard InChI is InChI=1S/C20H36N4O2/c1-5-21-20(22-11-12-24(3)13-14-25-4)23-15-18(2)16-26-17-19-9-7-6-8-10-19/h6-10,18H,5,11-17H2,1-4H3,(H2,21,22,23). The van der Waals surface area contributed by atoms with Crippen molar-refractivity contribution in [2.75, 3.05) is 60.1 Å². The second kappa shape index (κ2) is 14.5. The van der Waals surface area contributed by atoms with E-state index in [1.165, 1.54) is 5.56 Å². The summed E-state index contributed by atoms with van der Waals surface area (Å²) < 4.78 is 10.9. The molecule has 1 rings (SSSR count). The zero-order valence-corrected chi connectivity index (χ0v) is 16.8. The van der Waals surface area contributed by atoms with Crippen molar-refractivity contribution in [1.29, 1.82) is 0 Å². The Labute approximate surface area is 159 Å². The molecule has 0 heterocycles. The maximum Gasteiger partial charge on any atom is 0.191 e. The zero-order chi connectivity index (χ0) is 19.0. The molecule has 0 saturated heterocycles. The second-order valence-electron chi connectivity index (χ2n) is 6.55. The molecule has 1 aromatic carbocycles. The lowest BCUT2D eigenvalue weighted by atomic mass is 10.2. The first kappa shape index (κ1) is 22.4. The fourth-order valence-corrected chi connectivity index (χ4v) is 2.32. The van der Waals surface area contributed by atoms with E-state index < -0.39 is 0 Å². The highest BCUT2D eigenvalue weighted by Gasteiger charge is 2.04. The predicted molar refractivity (Wildman–Crippen MR) is 109 cm³/mol. The average molecular weight is 365 g/mol. The van der Waals surface area contributed by atoms with Gasteiger partial charge in [0.05, 0.1) is 19.8 Å². The minimum atomic E-state index is 0.374. The van der Waals surface area contributed by atoms with Crippen molar-refractivity contribution >= 4 is 5.96 Å². The van der Waals surface area contributed by atoms with Crippen molar-refractivity contribution in [2.24, 2.45) is 10.9 Å². The van der Waals surface area contributed by atoms with Crippen LogP contribution in [0, 0.1) is 5.92 Å². The molecule has 2 N–H and O–H groups in total. The predicted octanol–water partition coefficient (Wildman–Crippen LogP) is 1.97. The van der Waals surface area contributed by atoms with E-state index >= 15 is 0 Å². The van der Waals surface area contributed by atoms with Gasteiger partial charge in [0.1, 0.15) is 0 Å². The number of methoxy groups -OCH3 is 1. The maximum absolute atomic E-state index is 5.80. The molecular formula is C20H36N4O2. The molecule has 26 heavy (non-hydrogen) atoms. The molecule has 0 bridgehead atoms. The van der Waals surface area contributed by atoms with Crippen LogP contribution in [0.1, 0.15) is 19.4 Å². The van der Waals surface area contributed by atoms with Crippen molar-refractivity contribution < 1.29 is 9.47 Å². The van der Waals surface area contributed by atoms with Gasteiger partial charge in [-0.2, -0.15) is 0 Å². The van der Waals surface area contributed by atoms with Gasteiger partial charge in [0.2, 0.25) is 0 Å². The Hall–Kier alpha value is -1.63. The first-order chi connectivity index (χ1) is 12.7. The average Bonchev–Trinajstić information content (AvgIpc) is 2.65. The summed E-state index contributed by atoms with van der Waals surface area (Å²) in [5, 5.41) is 6.67. The molecule has 0 aromatic heterocycles. The third-order valence-electron chi connectivity index (χ3n) is 3.88. The van der Waals surface area contributed by atoms with Gasteiger partial charge < -0.3 is 25.0 Å². The molecular weight excluding hydrogens is 328 g/mol. The summed E-state index contributed by atoms with van der Waals surface area (Å²) in [6.07, 6.45) is 0. The van der Waals surface area contributed by atoms with Crippen LogP contribution in [0.5, 0.6) is 0 Å². The number of nitrogens with one attached hydrogen (secondary N) is 2. The minimum absolute atomic E-state index is 0.374. The molecule has 0 aliphatic heterocycles. The molecule has 0 spiro atoms. The topological polar surface area (TPSA) is 58.1 Å². The Morgan fingerprint density at radius 2 is 1.96 bits per heavy atom. The van der Waals surface area contributed by atoms with Crippen LogP contribution in [0.25, 0.3) is 0 Å². The quantitative estimate of drug-likeness (QED) is 0.414. The van der Waals surface area contributed by atoms with Gasteiger partial charge in [-0.3, -0.25) is 4.99 Å². The van der Waals surface area contributed by atoms with Gasteiger partial charge in [0, 0.05) is 39.8 Å². The summed E-state index contributed by atoms with van der Waals surface area (Å²) in [7, 11) is 3.82. The number of hydrogen-bond acceptors (Lipinski definition) is 4. The Bertz CT molecular complexity index is 482. The van der Waals surface area contributed by atoms with Crippen LogP contribution >= 0.6 is 0 Å². The molecule has 6 heteroatoms. The Morgan fingerprint density at radius 1 is 1.19 bits per heavy atom. The smallest absolute Gasteiger partial charge is 0.191 e. The molecule has 0 radical (unpaired) electrons. The lowest BCUT2D eigenvalue weighted by molar-refractivity contribution is 0.0945. The number of benzene rings is 1. The van der Waals surface area contributed by atoms with Crippen LogP contribution in [-0.4, -0.2) is 71.0 Å². The van der Waals surface area contributed by atoms with E-state index in [4.69, 9.17) is 9.47 Å². The summed E-state index contributed by atoms with van der Waals surface area (Å²) in [4.78, 5) is 6.91. The first-order valence-electron chi connectivity index (χ1n) is 9.47. The summed E-state index contributed by atoms with van der Waals surface area (Å²) in [5.74, 6) is 1.24. The van der Waals surface area contributed by atoms with Crippen LogP contribution in [0.15, 0.2) is 35.3 Å². The Morgan fingerprint density at radius 3 is 2.65 bits per heavy atom. The number of guanidine groups is 1. The molecule has 1 unspecified atom stereocenters. The van der Waals surface area contributed by atoms with Crippen LogP contribution in [0.4, 0.5) is 0 Å². The van der Waals surface area contributed by atoms with Crippen molar-refractivity contribution in [3.8, 4) is 0 Å². The SMILES string of the molecule is CCNC(=NCC(C)COCc1ccccc1)NCCN(C)CCOC. The van der Waals surface area contributed by atoms with E-state index in [0.717, 1.165) is 45.3 Å². The van der Waals surface area contributed by atoms with Crippen LogP contribution < -0.4 is 10.6 Å². The first-order valence-corrected chi connectivity index (χ1v) is 9.47. The Kier molecular flexibility index (Phi) is 12.5. The van der Waals surface area contributed by atoms with Crippen LogP contribution in [0.3, 0.4) is 0 Å². The maximum atomic E-state index is 5.80. The number of nitrogens with zero attached hydrogens (tertiary/aromatic N) is 2. The zero-order valence-electron chi connectivity index (χ0n) is 16.8. The molecule has 148 valence electrons. The lowest BCUT2D eigenvalue weighted by Crippen LogP contribution is -2.41. The van der Waals surface area contributed by atoms with Gasteiger partial charge in [-0.15, -0.1) is 0 Å². The van der Waals surface area contributed by atoms with Crippen molar-refractivity contribution in [2.45, 2.75) is 20.5 Å². The van der Waals surface area contributed by atoms with Gasteiger partial charge in [0.15, 0.2) is 5.96 Å². The fourth-order valence-electron chi connectivity index (χ4n) is 2.32. The molecule has 0 aliphatic carbocycles. The number of hydrogen-bond donors (Lipinski definition) is 2. The number of aliphatic imine (C=N–C) groups is 1. The highest BCUT2D eigenvalue weighted by Crippen LogP contribution is 2.03. The van der Waals surface area contributed by atoms with Gasteiger partial charge in [0.25, 0.3) is 0 Å². The molecule has 1 aromatic rings. The van der Waals surface area contributed by atoms with Crippen LogP contribution in [-0.2, 0) is 16.1 Å². The second-order valence-corrected chi connectivity index (χ2v) is 6.55. The number of rotatable bonds is 13. The third-order valence-corrected chi connectivity index (χ3v) is 3.88. The monoisotopic (exact) mass is 364 g/mol. The highest BCUT2D eigenvalue weighted by atomic mass is 16.5. The van der Waals surface area contributed by atoms with E-state index in [-0.39, 0.29) is 0 Å². The molecule has 0 saturated carbocycles. The molecule has 1 atom stereocenters. The molecule has 0 amide bonds. The van der Waals surface area contributed by atoms with Gasteiger partial charge in [-0.25, -0.2) is 0 Å². The molecule has 0 aliphatic rings. The van der Waals surface area contributed by atoms with Crippen molar-refractivity contribution in [3.05, 3.63) is 35.9 Å². The molecule has 0 fully saturated rings. The normalized spacial score (nSPS) is 13.0. The van der Waals surface area contributed by atoms with Gasteiger partial charge >= 0.3 is 0 Å².